The van der Waals surface area contributed by atoms with Crippen molar-refractivity contribution >= 4 is 30.8 Å². The number of carbonyl (C=O) groups excluding carboxylic acids is 1. The SMILES string of the molecule is BCNC(=O)SCC(=O)O. The van der Waals surface area contributed by atoms with Crippen molar-refractivity contribution in [1.29, 1.82) is 0 Å². The summed E-state index contributed by atoms with van der Waals surface area (Å²) >= 11 is 0.760. The molecule has 2 N–H and O–H groups in total. The monoisotopic (exact) mass is 161 g/mol. The van der Waals surface area contributed by atoms with Crippen molar-refractivity contribution in [3.63, 3.8) is 0 Å². The minimum absolute atomic E-state index is 0.175. The summed E-state index contributed by atoms with van der Waals surface area (Å²) < 4.78 is 0. The molecule has 0 saturated carbocycles. The summed E-state index contributed by atoms with van der Waals surface area (Å²) in [6.07, 6.45) is 0.533. The number of rotatable bonds is 3. The number of hydrogen-bond acceptors (Lipinski definition) is 3. The Balaban J connectivity index is 3.30. The number of carbonyl (C=O) groups is 2. The van der Waals surface area contributed by atoms with Gasteiger partial charge in [0.05, 0.1) is 0 Å². The van der Waals surface area contributed by atoms with Gasteiger partial charge >= 0.3 is 5.97 Å². The molecule has 10 heavy (non-hydrogen) atoms. The molecule has 0 aromatic carbocycles. The Morgan fingerprint density at radius 2 is 2.20 bits per heavy atom. The number of carboxylic acids is 1. The Morgan fingerprint density at radius 3 is 2.60 bits per heavy atom. The van der Waals surface area contributed by atoms with Crippen LogP contribution in [0.1, 0.15) is 0 Å². The maximum Gasteiger partial charge on any atom is 0.314 e. The maximum absolute atomic E-state index is 10.5. The number of carboxylic acid groups (broad SMARTS) is 1. The van der Waals surface area contributed by atoms with Crippen LogP contribution in [0.25, 0.3) is 0 Å². The highest BCUT2D eigenvalue weighted by Gasteiger charge is 2.02. The third-order valence-corrected chi connectivity index (χ3v) is 1.45. The molecule has 0 radical (unpaired) electrons. The standard InChI is InChI=1S/C4H8BNO3S/c5-2-6-4(9)10-1-3(7)8/h1-2,5H2,(H,6,9)(H,7,8). The van der Waals surface area contributed by atoms with Gasteiger partial charge in [0.15, 0.2) is 0 Å². The Kier molecular flexibility index (Phi) is 4.83. The molecule has 1 amide bonds. The van der Waals surface area contributed by atoms with E-state index in [1.165, 1.54) is 0 Å². The van der Waals surface area contributed by atoms with Gasteiger partial charge < -0.3 is 10.4 Å². The van der Waals surface area contributed by atoms with Crippen molar-refractivity contribution < 1.29 is 14.7 Å². The van der Waals surface area contributed by atoms with Gasteiger partial charge in [0.1, 0.15) is 13.6 Å². The largest absolute Gasteiger partial charge is 0.481 e. The average Bonchev–Trinajstić information content (AvgIpc) is 1.85. The zero-order chi connectivity index (χ0) is 7.98. The van der Waals surface area contributed by atoms with Crippen LogP contribution in [0.5, 0.6) is 0 Å². The topological polar surface area (TPSA) is 66.4 Å². The molecule has 0 aromatic heterocycles. The minimum Gasteiger partial charge on any atom is -0.481 e. The molecule has 0 aliphatic heterocycles. The Hall–Kier alpha value is -0.645. The van der Waals surface area contributed by atoms with Crippen LogP contribution < -0.4 is 5.32 Å². The molecular formula is C4H8BNO3S. The summed E-state index contributed by atoms with van der Waals surface area (Å²) in [7, 11) is 1.78. The number of thioether (sulfide) groups is 1. The number of aliphatic carboxylic acids is 1. The molecule has 0 fully saturated rings. The van der Waals surface area contributed by atoms with Crippen molar-refractivity contribution in [1.82, 2.24) is 5.32 Å². The zero-order valence-electron chi connectivity index (χ0n) is 5.59. The average molecular weight is 161 g/mol. The zero-order valence-corrected chi connectivity index (χ0v) is 6.40. The van der Waals surface area contributed by atoms with Crippen molar-refractivity contribution in [2.45, 2.75) is 0 Å². The van der Waals surface area contributed by atoms with Gasteiger partial charge in [-0.2, -0.15) is 0 Å². The van der Waals surface area contributed by atoms with E-state index >= 15 is 0 Å². The van der Waals surface area contributed by atoms with E-state index in [1.807, 2.05) is 0 Å². The third-order valence-electron chi connectivity index (χ3n) is 0.648. The lowest BCUT2D eigenvalue weighted by Gasteiger charge is -1.96. The van der Waals surface area contributed by atoms with E-state index in [2.05, 4.69) is 5.32 Å². The van der Waals surface area contributed by atoms with Crippen molar-refractivity contribution in [3.05, 3.63) is 0 Å². The summed E-state index contributed by atoms with van der Waals surface area (Å²) in [6, 6.07) is 0. The lowest BCUT2D eigenvalue weighted by Crippen LogP contribution is -2.21. The van der Waals surface area contributed by atoms with Crippen molar-refractivity contribution in [3.8, 4) is 0 Å². The first-order chi connectivity index (χ1) is 4.66. The van der Waals surface area contributed by atoms with Crippen LogP contribution in [0.15, 0.2) is 0 Å². The molecule has 0 aliphatic carbocycles. The molecule has 0 rings (SSSR count). The molecule has 0 saturated heterocycles. The highest BCUT2D eigenvalue weighted by atomic mass is 32.2. The number of nitrogens with one attached hydrogen (secondary N) is 1. The highest BCUT2D eigenvalue weighted by molar-refractivity contribution is 8.14. The first kappa shape index (κ1) is 9.35. The van der Waals surface area contributed by atoms with Crippen LogP contribution in [0.4, 0.5) is 4.79 Å². The fourth-order valence-electron chi connectivity index (χ4n) is 0.323. The lowest BCUT2D eigenvalue weighted by molar-refractivity contribution is -0.133. The minimum atomic E-state index is -0.976. The quantitative estimate of drug-likeness (QED) is 0.526. The molecule has 0 bridgehead atoms. The van der Waals surface area contributed by atoms with Crippen molar-refractivity contribution in [2.75, 3.05) is 12.2 Å². The van der Waals surface area contributed by atoms with E-state index in [4.69, 9.17) is 5.11 Å². The van der Waals surface area contributed by atoms with Crippen LogP contribution in [-0.2, 0) is 4.79 Å². The van der Waals surface area contributed by atoms with Gasteiger partial charge in [-0.3, -0.25) is 9.59 Å². The van der Waals surface area contributed by atoms with Gasteiger partial charge in [0.2, 0.25) is 0 Å². The summed E-state index contributed by atoms with van der Waals surface area (Å²) in [4.78, 5) is 20.4. The summed E-state index contributed by atoms with van der Waals surface area (Å²) in [5.74, 6) is -1.15. The van der Waals surface area contributed by atoms with Crippen LogP contribution in [0, 0.1) is 0 Å². The lowest BCUT2D eigenvalue weighted by atomic mass is 10.2. The molecule has 4 nitrogen and oxygen atoms in total. The van der Waals surface area contributed by atoms with E-state index in [0.29, 0.717) is 6.44 Å². The molecule has 56 valence electrons. The summed E-state index contributed by atoms with van der Waals surface area (Å²) in [5.41, 5.74) is 0. The highest BCUT2D eigenvalue weighted by Crippen LogP contribution is 1.98. The Morgan fingerprint density at radius 1 is 1.60 bits per heavy atom. The van der Waals surface area contributed by atoms with E-state index < -0.39 is 5.97 Å². The van der Waals surface area contributed by atoms with Crippen LogP contribution >= 0.6 is 11.8 Å². The second kappa shape index (κ2) is 5.16. The summed E-state index contributed by atoms with van der Waals surface area (Å²) in [5, 5.41) is 10.3. The predicted octanol–water partition coefficient (Wildman–Crippen LogP) is -0.896. The predicted molar refractivity (Wildman–Crippen MR) is 42.0 cm³/mol. The second-order valence-corrected chi connectivity index (χ2v) is 2.45. The Bertz CT molecular complexity index is 140. The summed E-state index contributed by atoms with van der Waals surface area (Å²) in [6.45, 7) is 0. The van der Waals surface area contributed by atoms with Crippen LogP contribution in [0.2, 0.25) is 0 Å². The third kappa shape index (κ3) is 5.49. The van der Waals surface area contributed by atoms with Gasteiger partial charge in [-0.15, -0.1) is 0 Å². The number of hydrogen-bond donors (Lipinski definition) is 2. The van der Waals surface area contributed by atoms with Crippen LogP contribution in [-0.4, -0.2) is 36.4 Å². The maximum atomic E-state index is 10.5. The fourth-order valence-corrected chi connectivity index (χ4v) is 0.824. The fraction of sp³-hybridized carbons (Fsp3) is 0.500. The van der Waals surface area contributed by atoms with Crippen LogP contribution in [0.3, 0.4) is 0 Å². The molecule has 0 unspecified atom stereocenters. The molecule has 6 heteroatoms. The van der Waals surface area contributed by atoms with Gasteiger partial charge in [0, 0.05) is 0 Å². The first-order valence-electron chi connectivity index (χ1n) is 2.79. The smallest absolute Gasteiger partial charge is 0.314 e. The first-order valence-corrected chi connectivity index (χ1v) is 3.77. The molecular weight excluding hydrogens is 153 g/mol. The molecule has 0 spiro atoms. The van der Waals surface area contributed by atoms with E-state index in [9.17, 15) is 9.59 Å². The van der Waals surface area contributed by atoms with Crippen molar-refractivity contribution in [2.24, 2.45) is 0 Å². The molecule has 0 heterocycles. The normalized spacial score (nSPS) is 8.80. The van der Waals surface area contributed by atoms with E-state index in [-0.39, 0.29) is 11.0 Å². The molecule has 0 aromatic rings. The second-order valence-electron chi connectivity index (χ2n) is 1.50. The van der Waals surface area contributed by atoms with Gasteiger partial charge in [0.25, 0.3) is 5.24 Å². The molecule has 0 atom stereocenters. The van der Waals surface area contributed by atoms with Gasteiger partial charge in [-0.25, -0.2) is 0 Å². The van der Waals surface area contributed by atoms with Gasteiger partial charge in [-0.1, -0.05) is 11.8 Å². The van der Waals surface area contributed by atoms with E-state index in [0.717, 1.165) is 11.8 Å². The van der Waals surface area contributed by atoms with E-state index in [1.54, 1.807) is 7.85 Å². The molecule has 0 aliphatic rings. The Labute approximate surface area is 63.8 Å². The van der Waals surface area contributed by atoms with Gasteiger partial charge in [-0.05, 0) is 6.44 Å². The number of amides is 1.